The Morgan fingerprint density at radius 2 is 1.95 bits per heavy atom. The molecule has 7 heteroatoms. The van der Waals surface area contributed by atoms with E-state index in [1.807, 2.05) is 23.1 Å². The van der Waals surface area contributed by atoms with Crippen LogP contribution in [-0.2, 0) is 0 Å². The predicted molar refractivity (Wildman–Crippen MR) is 80.3 cm³/mol. The van der Waals surface area contributed by atoms with E-state index in [4.69, 9.17) is 0 Å². The second-order valence-corrected chi connectivity index (χ2v) is 5.51. The van der Waals surface area contributed by atoms with Gasteiger partial charge in [0.2, 0.25) is 0 Å². The first-order chi connectivity index (χ1) is 10.8. The SMILES string of the molecule is O=C(c1ccc2nc[nH]c2c1)N1CCC(n2nccn2)CC1. The van der Waals surface area contributed by atoms with Gasteiger partial charge in [0, 0.05) is 18.7 Å². The molecule has 1 aliphatic rings. The Kier molecular flexibility index (Phi) is 3.10. The molecule has 0 spiro atoms. The summed E-state index contributed by atoms with van der Waals surface area (Å²) in [4.78, 5) is 23.5. The van der Waals surface area contributed by atoms with Crippen LogP contribution in [0.15, 0.2) is 36.9 Å². The zero-order valence-corrected chi connectivity index (χ0v) is 12.0. The van der Waals surface area contributed by atoms with Crippen molar-refractivity contribution in [2.45, 2.75) is 18.9 Å². The number of H-pyrrole nitrogens is 1. The minimum atomic E-state index is 0.0726. The molecular weight excluding hydrogens is 280 g/mol. The number of nitrogens with one attached hydrogen (secondary N) is 1. The summed E-state index contributed by atoms with van der Waals surface area (Å²) < 4.78 is 0. The Balaban J connectivity index is 1.47. The van der Waals surface area contributed by atoms with Crippen LogP contribution in [0.5, 0.6) is 0 Å². The number of hydrogen-bond donors (Lipinski definition) is 1. The topological polar surface area (TPSA) is 79.7 Å². The van der Waals surface area contributed by atoms with Crippen molar-refractivity contribution in [3.05, 3.63) is 42.5 Å². The van der Waals surface area contributed by atoms with Crippen LogP contribution in [0.2, 0.25) is 0 Å². The van der Waals surface area contributed by atoms with Gasteiger partial charge in [-0.3, -0.25) is 4.79 Å². The number of aromatic amines is 1. The highest BCUT2D eigenvalue weighted by Crippen LogP contribution is 2.22. The van der Waals surface area contributed by atoms with Crippen molar-refractivity contribution in [1.29, 1.82) is 0 Å². The molecule has 1 saturated heterocycles. The largest absolute Gasteiger partial charge is 0.345 e. The number of aromatic nitrogens is 5. The Labute approximate surface area is 126 Å². The van der Waals surface area contributed by atoms with E-state index >= 15 is 0 Å². The third-order valence-electron chi connectivity index (χ3n) is 4.18. The van der Waals surface area contributed by atoms with Gasteiger partial charge in [0.25, 0.3) is 5.91 Å². The smallest absolute Gasteiger partial charge is 0.253 e. The molecular formula is C15H16N6O. The molecule has 4 rings (SSSR count). The van der Waals surface area contributed by atoms with Crippen molar-refractivity contribution in [1.82, 2.24) is 29.9 Å². The molecule has 1 amide bonds. The molecule has 0 atom stereocenters. The third kappa shape index (κ3) is 2.24. The molecule has 3 aromatic rings. The summed E-state index contributed by atoms with van der Waals surface area (Å²) in [5.41, 5.74) is 2.47. The number of carbonyl (C=O) groups excluding carboxylic acids is 1. The summed E-state index contributed by atoms with van der Waals surface area (Å²) in [6.45, 7) is 1.46. The van der Waals surface area contributed by atoms with Crippen LogP contribution in [0, 0.1) is 0 Å². The molecule has 2 aromatic heterocycles. The summed E-state index contributed by atoms with van der Waals surface area (Å²) in [6, 6.07) is 5.87. The summed E-state index contributed by atoms with van der Waals surface area (Å²) in [6.07, 6.45) is 6.79. The zero-order valence-electron chi connectivity index (χ0n) is 12.0. The monoisotopic (exact) mass is 296 g/mol. The lowest BCUT2D eigenvalue weighted by Gasteiger charge is -2.31. The summed E-state index contributed by atoms with van der Waals surface area (Å²) in [5.74, 6) is 0.0726. The van der Waals surface area contributed by atoms with Crippen LogP contribution in [0.1, 0.15) is 29.2 Å². The van der Waals surface area contributed by atoms with Crippen molar-refractivity contribution in [2.75, 3.05) is 13.1 Å². The molecule has 0 bridgehead atoms. The van der Waals surface area contributed by atoms with E-state index in [9.17, 15) is 4.79 Å². The molecule has 1 aromatic carbocycles. The number of amides is 1. The van der Waals surface area contributed by atoms with Gasteiger partial charge in [-0.1, -0.05) is 0 Å². The number of nitrogens with zero attached hydrogens (tertiary/aromatic N) is 5. The van der Waals surface area contributed by atoms with Crippen molar-refractivity contribution in [2.24, 2.45) is 0 Å². The quantitative estimate of drug-likeness (QED) is 0.779. The number of benzene rings is 1. The maximum absolute atomic E-state index is 12.6. The number of hydrogen-bond acceptors (Lipinski definition) is 4. The lowest BCUT2D eigenvalue weighted by molar-refractivity contribution is 0.0684. The second kappa shape index (κ2) is 5.25. The van der Waals surface area contributed by atoms with Crippen LogP contribution in [0.4, 0.5) is 0 Å². The van der Waals surface area contributed by atoms with E-state index in [0.717, 1.165) is 37.0 Å². The van der Waals surface area contributed by atoms with Gasteiger partial charge < -0.3 is 9.88 Å². The summed E-state index contributed by atoms with van der Waals surface area (Å²) in [5, 5.41) is 8.37. The fourth-order valence-electron chi connectivity index (χ4n) is 2.97. The maximum Gasteiger partial charge on any atom is 0.253 e. The summed E-state index contributed by atoms with van der Waals surface area (Å²) >= 11 is 0. The minimum Gasteiger partial charge on any atom is -0.345 e. The number of likely N-dealkylation sites (tertiary alicyclic amines) is 1. The van der Waals surface area contributed by atoms with E-state index in [-0.39, 0.29) is 11.9 Å². The van der Waals surface area contributed by atoms with Gasteiger partial charge in [0.05, 0.1) is 35.8 Å². The molecule has 112 valence electrons. The van der Waals surface area contributed by atoms with Gasteiger partial charge >= 0.3 is 0 Å². The number of rotatable bonds is 2. The van der Waals surface area contributed by atoms with Gasteiger partial charge in [-0.2, -0.15) is 15.0 Å². The minimum absolute atomic E-state index is 0.0726. The Bertz CT molecular complexity index is 785. The molecule has 0 aliphatic carbocycles. The van der Waals surface area contributed by atoms with Crippen molar-refractivity contribution in [3.63, 3.8) is 0 Å². The Hall–Kier alpha value is -2.70. The van der Waals surface area contributed by atoms with E-state index in [0.29, 0.717) is 5.56 Å². The normalized spacial score (nSPS) is 16.3. The van der Waals surface area contributed by atoms with Gasteiger partial charge in [-0.05, 0) is 31.0 Å². The first-order valence-electron chi connectivity index (χ1n) is 7.39. The fraction of sp³-hybridized carbons (Fsp3) is 0.333. The van der Waals surface area contributed by atoms with E-state index in [1.54, 1.807) is 23.5 Å². The number of carbonyl (C=O) groups is 1. The molecule has 22 heavy (non-hydrogen) atoms. The Morgan fingerprint density at radius 1 is 1.18 bits per heavy atom. The molecule has 0 saturated carbocycles. The zero-order chi connectivity index (χ0) is 14.9. The van der Waals surface area contributed by atoms with Crippen LogP contribution >= 0.6 is 0 Å². The summed E-state index contributed by atoms with van der Waals surface area (Å²) in [7, 11) is 0. The molecule has 1 N–H and O–H groups in total. The second-order valence-electron chi connectivity index (χ2n) is 5.51. The molecule has 1 aliphatic heterocycles. The number of piperidine rings is 1. The van der Waals surface area contributed by atoms with Crippen LogP contribution in [0.25, 0.3) is 11.0 Å². The van der Waals surface area contributed by atoms with Gasteiger partial charge in [-0.15, -0.1) is 0 Å². The van der Waals surface area contributed by atoms with Gasteiger partial charge in [-0.25, -0.2) is 4.98 Å². The molecule has 0 radical (unpaired) electrons. The van der Waals surface area contributed by atoms with Gasteiger partial charge in [0.15, 0.2) is 0 Å². The van der Waals surface area contributed by atoms with Crippen molar-refractivity contribution in [3.8, 4) is 0 Å². The average molecular weight is 296 g/mol. The first kappa shape index (κ1) is 13.0. The fourth-order valence-corrected chi connectivity index (χ4v) is 2.97. The Morgan fingerprint density at radius 3 is 2.73 bits per heavy atom. The number of imidazole rings is 1. The molecule has 1 fully saturated rings. The molecule has 0 unspecified atom stereocenters. The average Bonchev–Trinajstić information content (AvgIpc) is 3.25. The highest BCUT2D eigenvalue weighted by molar-refractivity contribution is 5.97. The van der Waals surface area contributed by atoms with E-state index < -0.39 is 0 Å². The molecule has 3 heterocycles. The van der Waals surface area contributed by atoms with Crippen LogP contribution < -0.4 is 0 Å². The maximum atomic E-state index is 12.6. The van der Waals surface area contributed by atoms with Crippen LogP contribution in [-0.4, -0.2) is 48.9 Å². The lowest BCUT2D eigenvalue weighted by Crippen LogP contribution is -2.39. The first-order valence-corrected chi connectivity index (χ1v) is 7.39. The highest BCUT2D eigenvalue weighted by Gasteiger charge is 2.25. The highest BCUT2D eigenvalue weighted by atomic mass is 16.2. The third-order valence-corrected chi connectivity index (χ3v) is 4.18. The van der Waals surface area contributed by atoms with E-state index in [1.165, 1.54) is 0 Å². The van der Waals surface area contributed by atoms with E-state index in [2.05, 4.69) is 20.2 Å². The standard InChI is InChI=1S/C15H16N6O/c22-15(11-1-2-13-14(9-11)17-10-16-13)20-7-3-12(4-8-20)21-18-5-6-19-21/h1-2,5-6,9-10,12H,3-4,7-8H2,(H,16,17). The van der Waals surface area contributed by atoms with Crippen LogP contribution in [0.3, 0.4) is 0 Å². The lowest BCUT2D eigenvalue weighted by atomic mass is 10.0. The van der Waals surface area contributed by atoms with Crippen molar-refractivity contribution >= 4 is 16.9 Å². The van der Waals surface area contributed by atoms with Gasteiger partial charge in [0.1, 0.15) is 0 Å². The predicted octanol–water partition coefficient (Wildman–Crippen LogP) is 1.63. The molecule has 7 nitrogen and oxygen atoms in total. The number of fused-ring (bicyclic) bond motifs is 1. The van der Waals surface area contributed by atoms with Crippen molar-refractivity contribution < 1.29 is 4.79 Å².